The van der Waals surface area contributed by atoms with Crippen molar-refractivity contribution in [3.8, 4) is 11.1 Å². The van der Waals surface area contributed by atoms with Gasteiger partial charge >= 0.3 is 0 Å². The molecule has 6 heteroatoms. The van der Waals surface area contributed by atoms with Crippen LogP contribution in [-0.2, 0) is 4.79 Å². The van der Waals surface area contributed by atoms with Gasteiger partial charge in [0.15, 0.2) is 0 Å². The number of piperazine rings is 1. The fourth-order valence-corrected chi connectivity index (χ4v) is 6.02. The zero-order chi connectivity index (χ0) is 23.9. The molecule has 4 heterocycles. The van der Waals surface area contributed by atoms with Gasteiger partial charge in [0.1, 0.15) is 0 Å². The number of aromatic nitrogens is 2. The molecule has 3 aromatic rings. The Morgan fingerprint density at radius 2 is 1.74 bits per heavy atom. The van der Waals surface area contributed by atoms with Crippen LogP contribution in [0.15, 0.2) is 48.8 Å². The van der Waals surface area contributed by atoms with Crippen LogP contribution < -0.4 is 4.90 Å². The second-order valence-corrected chi connectivity index (χ2v) is 10.7. The fourth-order valence-electron chi connectivity index (χ4n) is 6.02. The predicted octanol–water partition coefficient (Wildman–Crippen LogP) is 4.65. The highest BCUT2D eigenvalue weighted by atomic mass is 16.2. The average molecular weight is 472 g/mol. The summed E-state index contributed by atoms with van der Waals surface area (Å²) in [5, 5.41) is 4.60. The molecule has 184 valence electrons. The van der Waals surface area contributed by atoms with E-state index in [4.69, 9.17) is 0 Å². The second kappa shape index (κ2) is 9.30. The van der Waals surface area contributed by atoms with Gasteiger partial charge in [-0.2, -0.15) is 5.10 Å². The number of benzene rings is 1. The third-order valence-electron chi connectivity index (χ3n) is 8.41. The summed E-state index contributed by atoms with van der Waals surface area (Å²) < 4.78 is 2.01. The molecule has 0 spiro atoms. The largest absolute Gasteiger partial charge is 0.366 e. The Morgan fingerprint density at radius 1 is 0.971 bits per heavy atom. The van der Waals surface area contributed by atoms with Gasteiger partial charge in [-0.3, -0.25) is 4.79 Å². The van der Waals surface area contributed by atoms with Crippen LogP contribution in [0.1, 0.15) is 51.0 Å². The first-order valence-electron chi connectivity index (χ1n) is 13.5. The van der Waals surface area contributed by atoms with Gasteiger partial charge in [-0.05, 0) is 81.4 Å². The van der Waals surface area contributed by atoms with Crippen molar-refractivity contribution >= 4 is 17.1 Å². The summed E-state index contributed by atoms with van der Waals surface area (Å²) in [6, 6.07) is 13.8. The lowest BCUT2D eigenvalue weighted by Gasteiger charge is -2.41. The van der Waals surface area contributed by atoms with Crippen LogP contribution >= 0.6 is 0 Å². The molecule has 0 N–H and O–H groups in total. The van der Waals surface area contributed by atoms with Gasteiger partial charge in [0.05, 0.1) is 11.2 Å². The molecular formula is C29H37N5O. The van der Waals surface area contributed by atoms with Gasteiger partial charge in [0.2, 0.25) is 5.91 Å². The first-order valence-corrected chi connectivity index (χ1v) is 13.5. The Hall–Kier alpha value is -2.86. The quantitative estimate of drug-likeness (QED) is 0.544. The SMILES string of the molecule is CCN1CCC(c2ccc(-c3cc4c(N5CCN(C(=O)C6CC6)[C@H](C)C5)ccnn4c3)cc2)CC1. The predicted molar refractivity (Wildman–Crippen MR) is 141 cm³/mol. The lowest BCUT2D eigenvalue weighted by Crippen LogP contribution is -2.54. The molecule has 3 fully saturated rings. The van der Waals surface area contributed by atoms with Gasteiger partial charge in [-0.15, -0.1) is 0 Å². The smallest absolute Gasteiger partial charge is 0.226 e. The lowest BCUT2D eigenvalue weighted by molar-refractivity contribution is -0.134. The number of anilines is 1. The Labute approximate surface area is 208 Å². The first-order chi connectivity index (χ1) is 17.1. The summed E-state index contributed by atoms with van der Waals surface area (Å²) in [4.78, 5) is 19.7. The molecular weight excluding hydrogens is 434 g/mol. The molecule has 0 radical (unpaired) electrons. The topological polar surface area (TPSA) is 44.1 Å². The minimum atomic E-state index is 0.233. The number of fused-ring (bicyclic) bond motifs is 1. The summed E-state index contributed by atoms with van der Waals surface area (Å²) in [7, 11) is 0. The molecule has 6 nitrogen and oxygen atoms in total. The van der Waals surface area contributed by atoms with Gasteiger partial charge in [0, 0.05) is 49.6 Å². The number of carbonyl (C=O) groups is 1. The molecule has 2 saturated heterocycles. The molecule has 1 aromatic carbocycles. The molecule has 0 bridgehead atoms. The van der Waals surface area contributed by atoms with Crippen LogP contribution in [0.3, 0.4) is 0 Å². The normalized spacial score (nSPS) is 22.2. The Morgan fingerprint density at radius 3 is 2.43 bits per heavy atom. The van der Waals surface area contributed by atoms with E-state index in [-0.39, 0.29) is 6.04 Å². The van der Waals surface area contributed by atoms with Gasteiger partial charge in [-0.25, -0.2) is 4.52 Å². The maximum absolute atomic E-state index is 12.6. The van der Waals surface area contributed by atoms with Crippen LogP contribution in [-0.4, -0.2) is 70.6 Å². The second-order valence-electron chi connectivity index (χ2n) is 10.7. The number of amides is 1. The van der Waals surface area contributed by atoms with E-state index >= 15 is 0 Å². The van der Waals surface area contributed by atoms with Crippen LogP contribution in [0.4, 0.5) is 5.69 Å². The van der Waals surface area contributed by atoms with Crippen molar-refractivity contribution in [2.45, 2.75) is 51.5 Å². The van der Waals surface area contributed by atoms with Crippen molar-refractivity contribution < 1.29 is 4.79 Å². The molecule has 3 aliphatic rings. The van der Waals surface area contributed by atoms with E-state index in [0.29, 0.717) is 17.7 Å². The first kappa shape index (κ1) is 22.6. The number of carbonyl (C=O) groups excluding carboxylic acids is 1. The van der Waals surface area contributed by atoms with E-state index in [9.17, 15) is 4.79 Å². The van der Waals surface area contributed by atoms with Crippen LogP contribution in [0, 0.1) is 5.92 Å². The molecule has 2 aromatic heterocycles. The Bertz CT molecular complexity index is 1190. The summed E-state index contributed by atoms with van der Waals surface area (Å²) in [5.74, 6) is 1.34. The Kier molecular flexibility index (Phi) is 6.01. The van der Waals surface area contributed by atoms with Gasteiger partial charge < -0.3 is 14.7 Å². The van der Waals surface area contributed by atoms with Crippen LogP contribution in [0.25, 0.3) is 16.6 Å². The third-order valence-corrected chi connectivity index (χ3v) is 8.41. The van der Waals surface area contributed by atoms with E-state index in [1.807, 2.05) is 10.7 Å². The van der Waals surface area contributed by atoms with Crippen LogP contribution in [0.5, 0.6) is 0 Å². The third kappa shape index (κ3) is 4.44. The van der Waals surface area contributed by atoms with Crippen LogP contribution in [0.2, 0.25) is 0 Å². The number of likely N-dealkylation sites (tertiary alicyclic amines) is 1. The molecule has 6 rings (SSSR count). The summed E-state index contributed by atoms with van der Waals surface area (Å²) in [6.45, 7) is 10.6. The minimum absolute atomic E-state index is 0.233. The maximum atomic E-state index is 12.6. The molecule has 1 atom stereocenters. The van der Waals surface area contributed by atoms with Crippen molar-refractivity contribution in [3.63, 3.8) is 0 Å². The summed E-state index contributed by atoms with van der Waals surface area (Å²) >= 11 is 0. The monoisotopic (exact) mass is 471 g/mol. The number of rotatable bonds is 5. The van der Waals surface area contributed by atoms with E-state index in [2.05, 4.69) is 76.2 Å². The number of nitrogens with zero attached hydrogens (tertiary/aromatic N) is 5. The van der Waals surface area contributed by atoms with E-state index in [1.54, 1.807) is 0 Å². The highest BCUT2D eigenvalue weighted by Gasteiger charge is 2.37. The van der Waals surface area contributed by atoms with Crippen molar-refractivity contribution in [3.05, 3.63) is 54.4 Å². The lowest BCUT2D eigenvalue weighted by atomic mass is 9.88. The molecule has 1 amide bonds. The van der Waals surface area contributed by atoms with Crippen molar-refractivity contribution in [2.75, 3.05) is 44.2 Å². The standard InChI is InChI=1S/C29H37N5O/c1-3-31-14-11-24(12-15-31)22-4-6-23(7-5-22)26-18-28-27(10-13-30-34(28)20-26)32-16-17-33(21(2)19-32)29(35)25-8-9-25/h4-7,10,13,18,20-21,24-25H,3,8-9,11-12,14-17,19H2,1-2H3/t21-/m1/s1. The molecule has 35 heavy (non-hydrogen) atoms. The van der Waals surface area contributed by atoms with Crippen molar-refractivity contribution in [1.82, 2.24) is 19.4 Å². The maximum Gasteiger partial charge on any atom is 0.226 e. The zero-order valence-electron chi connectivity index (χ0n) is 21.1. The molecule has 2 aliphatic heterocycles. The van der Waals surface area contributed by atoms with Crippen molar-refractivity contribution in [2.24, 2.45) is 5.92 Å². The molecule has 1 aliphatic carbocycles. The van der Waals surface area contributed by atoms with Gasteiger partial charge in [-0.1, -0.05) is 31.2 Å². The van der Waals surface area contributed by atoms with Gasteiger partial charge in [0.25, 0.3) is 0 Å². The number of piperidine rings is 1. The average Bonchev–Trinajstić information content (AvgIpc) is 3.66. The van der Waals surface area contributed by atoms with E-state index in [0.717, 1.165) is 44.5 Å². The van der Waals surface area contributed by atoms with E-state index in [1.165, 1.54) is 48.3 Å². The summed E-state index contributed by atoms with van der Waals surface area (Å²) in [6.07, 6.45) is 8.70. The van der Waals surface area contributed by atoms with E-state index < -0.39 is 0 Å². The Balaban J connectivity index is 1.19. The number of hydrogen-bond acceptors (Lipinski definition) is 4. The summed E-state index contributed by atoms with van der Waals surface area (Å²) in [5.41, 5.74) is 6.25. The highest BCUT2D eigenvalue weighted by Crippen LogP contribution is 2.34. The fraction of sp³-hybridized carbons (Fsp3) is 0.517. The molecule has 0 unspecified atom stereocenters. The molecule has 1 saturated carbocycles. The number of hydrogen-bond donors (Lipinski definition) is 0. The van der Waals surface area contributed by atoms with Crippen molar-refractivity contribution in [1.29, 1.82) is 0 Å². The highest BCUT2D eigenvalue weighted by molar-refractivity contribution is 5.83. The zero-order valence-corrected chi connectivity index (χ0v) is 21.1. The minimum Gasteiger partial charge on any atom is -0.366 e.